The number of hydrogen-bond acceptors (Lipinski definition) is 5. The highest BCUT2D eigenvalue weighted by Crippen LogP contribution is 2.18. The molecule has 2 aromatic rings. The average Bonchev–Trinajstić information content (AvgIpc) is 3.08. The molecule has 2 N–H and O–H groups in total. The van der Waals surface area contributed by atoms with Crippen molar-refractivity contribution in [2.24, 2.45) is 10.7 Å². The maximum absolute atomic E-state index is 6.13. The highest BCUT2D eigenvalue weighted by molar-refractivity contribution is 14.0. The van der Waals surface area contributed by atoms with Crippen molar-refractivity contribution in [1.29, 1.82) is 0 Å². The summed E-state index contributed by atoms with van der Waals surface area (Å²) in [6.45, 7) is 6.16. The Balaban J connectivity index is 0.00000192. The number of thiazole rings is 1. The van der Waals surface area contributed by atoms with Crippen LogP contribution in [0.3, 0.4) is 0 Å². The summed E-state index contributed by atoms with van der Waals surface area (Å²) < 4.78 is 0. The fourth-order valence-electron chi connectivity index (χ4n) is 2.44. The van der Waals surface area contributed by atoms with Crippen LogP contribution in [-0.2, 0) is 6.54 Å². The average molecular weight is 444 g/mol. The number of hydrogen-bond donors (Lipinski definition) is 1. The SMILES string of the molecule is Cc1cccnc1CN=C(N)N1CCN(c2nccs2)CC1.I. The maximum Gasteiger partial charge on any atom is 0.191 e. The molecule has 1 aliphatic rings. The number of aliphatic imine (C=N–C) groups is 1. The van der Waals surface area contributed by atoms with Gasteiger partial charge in [-0.3, -0.25) is 4.98 Å². The summed E-state index contributed by atoms with van der Waals surface area (Å²) in [5.74, 6) is 0.601. The molecule has 0 spiro atoms. The first kappa shape index (κ1) is 17.9. The Morgan fingerprint density at radius 2 is 2.04 bits per heavy atom. The highest BCUT2D eigenvalue weighted by atomic mass is 127. The van der Waals surface area contributed by atoms with E-state index in [0.29, 0.717) is 12.5 Å². The molecule has 0 amide bonds. The van der Waals surface area contributed by atoms with E-state index in [4.69, 9.17) is 5.73 Å². The van der Waals surface area contributed by atoms with Gasteiger partial charge in [0.2, 0.25) is 0 Å². The van der Waals surface area contributed by atoms with E-state index in [9.17, 15) is 0 Å². The van der Waals surface area contributed by atoms with Gasteiger partial charge in [0.05, 0.1) is 12.2 Å². The topological polar surface area (TPSA) is 70.6 Å². The lowest BCUT2D eigenvalue weighted by atomic mass is 10.2. The fourth-order valence-corrected chi connectivity index (χ4v) is 3.14. The second-order valence-corrected chi connectivity index (χ2v) is 6.10. The zero-order valence-corrected chi connectivity index (χ0v) is 16.2. The molecule has 2 aromatic heterocycles. The minimum absolute atomic E-state index is 0. The van der Waals surface area contributed by atoms with Crippen molar-refractivity contribution in [3.63, 3.8) is 0 Å². The Morgan fingerprint density at radius 1 is 1.26 bits per heavy atom. The van der Waals surface area contributed by atoms with Crippen molar-refractivity contribution in [2.75, 3.05) is 31.1 Å². The Kier molecular flexibility index (Phi) is 6.58. The van der Waals surface area contributed by atoms with Gasteiger partial charge in [0.1, 0.15) is 0 Å². The predicted octanol–water partition coefficient (Wildman–Crippen LogP) is 2.10. The van der Waals surface area contributed by atoms with E-state index in [-0.39, 0.29) is 24.0 Å². The third-order valence-corrected chi connectivity index (χ3v) is 4.63. The highest BCUT2D eigenvalue weighted by Gasteiger charge is 2.19. The summed E-state index contributed by atoms with van der Waals surface area (Å²) in [5.41, 5.74) is 8.25. The lowest BCUT2D eigenvalue weighted by Crippen LogP contribution is -2.51. The molecule has 124 valence electrons. The van der Waals surface area contributed by atoms with Gasteiger partial charge in [0.25, 0.3) is 0 Å². The number of halogens is 1. The van der Waals surface area contributed by atoms with Crippen molar-refractivity contribution in [3.05, 3.63) is 41.2 Å². The molecule has 0 atom stereocenters. The Morgan fingerprint density at radius 3 is 2.70 bits per heavy atom. The number of pyridine rings is 1. The summed E-state index contributed by atoms with van der Waals surface area (Å²) in [6.07, 6.45) is 3.64. The van der Waals surface area contributed by atoms with E-state index in [1.807, 2.05) is 30.6 Å². The van der Waals surface area contributed by atoms with Gasteiger partial charge < -0.3 is 15.5 Å². The van der Waals surface area contributed by atoms with Crippen molar-refractivity contribution >= 4 is 46.4 Å². The predicted molar refractivity (Wildman–Crippen MR) is 106 cm³/mol. The number of aryl methyl sites for hydroxylation is 1. The van der Waals surface area contributed by atoms with E-state index in [2.05, 4.69) is 24.8 Å². The number of anilines is 1. The van der Waals surface area contributed by atoms with Gasteiger partial charge >= 0.3 is 0 Å². The standard InChI is InChI=1S/C15H20N6S.HI/c1-12-3-2-4-17-13(12)11-19-14(16)20-6-8-21(9-7-20)15-18-5-10-22-15;/h2-5,10H,6-9,11H2,1H3,(H2,16,19);1H. The molecule has 0 bridgehead atoms. The van der Waals surface area contributed by atoms with Gasteiger partial charge in [-0.1, -0.05) is 6.07 Å². The minimum atomic E-state index is 0. The molecule has 1 aliphatic heterocycles. The van der Waals surface area contributed by atoms with Crippen molar-refractivity contribution in [1.82, 2.24) is 14.9 Å². The van der Waals surface area contributed by atoms with Crippen LogP contribution in [-0.4, -0.2) is 47.0 Å². The van der Waals surface area contributed by atoms with E-state index >= 15 is 0 Å². The van der Waals surface area contributed by atoms with Gasteiger partial charge in [-0.15, -0.1) is 35.3 Å². The van der Waals surface area contributed by atoms with Gasteiger partial charge in [-0.25, -0.2) is 9.98 Å². The van der Waals surface area contributed by atoms with Crippen molar-refractivity contribution < 1.29 is 0 Å². The number of nitrogens with two attached hydrogens (primary N) is 1. The van der Waals surface area contributed by atoms with E-state index < -0.39 is 0 Å². The molecule has 1 fully saturated rings. The Hall–Kier alpha value is -1.42. The first-order valence-corrected chi connectivity index (χ1v) is 8.22. The number of aromatic nitrogens is 2. The third kappa shape index (κ3) is 4.54. The van der Waals surface area contributed by atoms with E-state index in [1.165, 1.54) is 0 Å². The first-order chi connectivity index (χ1) is 10.7. The van der Waals surface area contributed by atoms with E-state index in [1.54, 1.807) is 17.5 Å². The van der Waals surface area contributed by atoms with Crippen LogP contribution < -0.4 is 10.6 Å². The molecule has 0 radical (unpaired) electrons. The van der Waals surface area contributed by atoms with Crippen LogP contribution in [0.4, 0.5) is 5.13 Å². The lowest BCUT2D eigenvalue weighted by molar-refractivity contribution is 0.380. The zero-order chi connectivity index (χ0) is 15.4. The molecule has 3 heterocycles. The Labute approximate surface area is 157 Å². The first-order valence-electron chi connectivity index (χ1n) is 7.34. The summed E-state index contributed by atoms with van der Waals surface area (Å²) in [7, 11) is 0. The minimum Gasteiger partial charge on any atom is -0.370 e. The van der Waals surface area contributed by atoms with Crippen molar-refractivity contribution in [3.8, 4) is 0 Å². The summed E-state index contributed by atoms with van der Waals surface area (Å²) in [6, 6.07) is 3.98. The van der Waals surface area contributed by atoms with Crippen LogP contribution in [0.2, 0.25) is 0 Å². The van der Waals surface area contributed by atoms with Crippen molar-refractivity contribution in [2.45, 2.75) is 13.5 Å². The third-order valence-electron chi connectivity index (χ3n) is 3.80. The van der Waals surface area contributed by atoms with Crippen LogP contribution in [0.5, 0.6) is 0 Å². The second kappa shape index (κ2) is 8.44. The fraction of sp³-hybridized carbons (Fsp3) is 0.400. The van der Waals surface area contributed by atoms with Crippen LogP contribution >= 0.6 is 35.3 Å². The van der Waals surface area contributed by atoms with Crippen LogP contribution in [0.25, 0.3) is 0 Å². The van der Waals surface area contributed by atoms with Gasteiger partial charge in [0.15, 0.2) is 11.1 Å². The normalized spacial score (nSPS) is 15.4. The molecule has 8 heteroatoms. The number of piperazine rings is 1. The Bertz CT molecular complexity index is 637. The molecule has 6 nitrogen and oxygen atoms in total. The number of guanidine groups is 1. The number of nitrogens with zero attached hydrogens (tertiary/aromatic N) is 5. The molecular weight excluding hydrogens is 423 g/mol. The molecule has 23 heavy (non-hydrogen) atoms. The summed E-state index contributed by atoms with van der Waals surface area (Å²) >= 11 is 1.67. The van der Waals surface area contributed by atoms with Gasteiger partial charge in [-0.05, 0) is 18.6 Å². The molecule has 3 rings (SSSR count). The quantitative estimate of drug-likeness (QED) is 0.446. The van der Waals surface area contributed by atoms with Crippen LogP contribution in [0.15, 0.2) is 34.9 Å². The maximum atomic E-state index is 6.13. The molecular formula is C15H21IN6S. The van der Waals surface area contributed by atoms with Crippen LogP contribution in [0.1, 0.15) is 11.3 Å². The molecule has 0 aliphatic carbocycles. The smallest absolute Gasteiger partial charge is 0.191 e. The number of rotatable bonds is 3. The largest absolute Gasteiger partial charge is 0.370 e. The van der Waals surface area contributed by atoms with Gasteiger partial charge in [0, 0.05) is 44.0 Å². The summed E-state index contributed by atoms with van der Waals surface area (Å²) in [5, 5.41) is 3.09. The second-order valence-electron chi connectivity index (χ2n) is 5.23. The van der Waals surface area contributed by atoms with E-state index in [0.717, 1.165) is 42.6 Å². The lowest BCUT2D eigenvalue weighted by Gasteiger charge is -2.35. The zero-order valence-electron chi connectivity index (χ0n) is 13.1. The summed E-state index contributed by atoms with van der Waals surface area (Å²) in [4.78, 5) is 17.6. The van der Waals surface area contributed by atoms with Crippen LogP contribution in [0, 0.1) is 6.92 Å². The molecule has 0 saturated carbocycles. The molecule has 0 unspecified atom stereocenters. The molecule has 1 saturated heterocycles. The monoisotopic (exact) mass is 444 g/mol. The molecule has 0 aromatic carbocycles. The van der Waals surface area contributed by atoms with Gasteiger partial charge in [-0.2, -0.15) is 0 Å².